The molecule has 3 rings (SSSR count). The van der Waals surface area contributed by atoms with Crippen LogP contribution in [-0.2, 0) is 0 Å². The molecule has 5 heteroatoms. The molecule has 0 atom stereocenters. The highest BCUT2D eigenvalue weighted by molar-refractivity contribution is 9.10. The number of halogens is 1. The second-order valence-electron chi connectivity index (χ2n) is 5.28. The molecule has 0 unspecified atom stereocenters. The molecule has 0 bridgehead atoms. The van der Waals surface area contributed by atoms with Crippen molar-refractivity contribution in [1.29, 1.82) is 0 Å². The first-order chi connectivity index (χ1) is 8.49. The second kappa shape index (κ2) is 3.96. The van der Waals surface area contributed by atoms with Crippen LogP contribution in [0, 0.1) is 5.92 Å². The SMILES string of the molecule is Nc1cc(C(=O)N2CC(O)(C3CC3)C2)ccc1Br. The molecule has 0 radical (unpaired) electrons. The number of carbonyl (C=O) groups is 1. The van der Waals surface area contributed by atoms with Crippen LogP contribution in [-0.4, -0.2) is 34.6 Å². The topological polar surface area (TPSA) is 66.6 Å². The van der Waals surface area contributed by atoms with Gasteiger partial charge in [-0.3, -0.25) is 4.79 Å². The molecule has 1 aliphatic heterocycles. The van der Waals surface area contributed by atoms with Crippen molar-refractivity contribution < 1.29 is 9.90 Å². The number of rotatable bonds is 2. The monoisotopic (exact) mass is 310 g/mol. The normalized spacial score (nSPS) is 21.6. The summed E-state index contributed by atoms with van der Waals surface area (Å²) in [4.78, 5) is 13.8. The van der Waals surface area contributed by atoms with Crippen LogP contribution in [0.15, 0.2) is 22.7 Å². The Balaban J connectivity index is 1.70. The Hall–Kier alpha value is -1.07. The van der Waals surface area contributed by atoms with E-state index in [2.05, 4.69) is 15.9 Å². The average molecular weight is 311 g/mol. The van der Waals surface area contributed by atoms with E-state index in [1.807, 2.05) is 0 Å². The van der Waals surface area contributed by atoms with Crippen molar-refractivity contribution in [2.45, 2.75) is 18.4 Å². The predicted octanol–water partition coefficient (Wildman–Crippen LogP) is 1.63. The van der Waals surface area contributed by atoms with Gasteiger partial charge < -0.3 is 15.7 Å². The van der Waals surface area contributed by atoms with Gasteiger partial charge in [0, 0.05) is 15.7 Å². The Morgan fingerprint density at radius 3 is 2.67 bits per heavy atom. The van der Waals surface area contributed by atoms with Gasteiger partial charge in [-0.25, -0.2) is 0 Å². The fourth-order valence-corrected chi connectivity index (χ4v) is 2.74. The van der Waals surface area contributed by atoms with Crippen molar-refractivity contribution in [3.63, 3.8) is 0 Å². The van der Waals surface area contributed by atoms with E-state index in [0.717, 1.165) is 17.3 Å². The Kier molecular flexibility index (Phi) is 2.64. The Morgan fingerprint density at radius 1 is 1.44 bits per heavy atom. The fraction of sp³-hybridized carbons (Fsp3) is 0.462. The number of β-amino-alcohol motifs (C(OH)–C–C–N with tert-alkyl or cyclic N) is 1. The summed E-state index contributed by atoms with van der Waals surface area (Å²) in [5.41, 5.74) is 6.27. The molecule has 1 saturated carbocycles. The van der Waals surface area contributed by atoms with Gasteiger partial charge in [0.15, 0.2) is 0 Å². The number of carbonyl (C=O) groups excluding carboxylic acids is 1. The smallest absolute Gasteiger partial charge is 0.254 e. The fourth-order valence-electron chi connectivity index (χ4n) is 2.50. The van der Waals surface area contributed by atoms with Crippen molar-refractivity contribution in [2.24, 2.45) is 5.92 Å². The molecule has 1 aromatic carbocycles. The lowest BCUT2D eigenvalue weighted by Gasteiger charge is -2.47. The van der Waals surface area contributed by atoms with Gasteiger partial charge in [-0.1, -0.05) is 0 Å². The van der Waals surface area contributed by atoms with E-state index in [4.69, 9.17) is 5.73 Å². The molecule has 4 nitrogen and oxygen atoms in total. The Bertz CT molecular complexity index is 508. The standard InChI is InChI=1S/C13H15BrN2O2/c14-10-4-1-8(5-11(10)15)12(17)16-6-13(18,7-16)9-2-3-9/h1,4-5,9,18H,2-3,6-7,15H2. The average Bonchev–Trinajstić information content (AvgIpc) is 3.12. The van der Waals surface area contributed by atoms with Crippen LogP contribution in [0.1, 0.15) is 23.2 Å². The van der Waals surface area contributed by atoms with E-state index in [1.54, 1.807) is 23.1 Å². The minimum atomic E-state index is -0.628. The highest BCUT2D eigenvalue weighted by atomic mass is 79.9. The largest absolute Gasteiger partial charge is 0.398 e. The van der Waals surface area contributed by atoms with E-state index in [-0.39, 0.29) is 5.91 Å². The number of anilines is 1. The molecular formula is C13H15BrN2O2. The van der Waals surface area contributed by atoms with Crippen LogP contribution in [0.2, 0.25) is 0 Å². The van der Waals surface area contributed by atoms with Crippen LogP contribution in [0.3, 0.4) is 0 Å². The lowest BCUT2D eigenvalue weighted by Crippen LogP contribution is -2.64. The minimum absolute atomic E-state index is 0.0560. The summed E-state index contributed by atoms with van der Waals surface area (Å²) in [6.45, 7) is 0.902. The lowest BCUT2D eigenvalue weighted by molar-refractivity contribution is -0.0958. The minimum Gasteiger partial charge on any atom is -0.398 e. The van der Waals surface area contributed by atoms with Crippen LogP contribution in [0.4, 0.5) is 5.69 Å². The van der Waals surface area contributed by atoms with Crippen LogP contribution >= 0.6 is 15.9 Å². The first kappa shape index (κ1) is 12.0. The maximum atomic E-state index is 12.2. The van der Waals surface area contributed by atoms with Gasteiger partial charge in [0.1, 0.15) is 5.60 Å². The summed E-state index contributed by atoms with van der Waals surface area (Å²) in [6.07, 6.45) is 2.17. The van der Waals surface area contributed by atoms with E-state index in [0.29, 0.717) is 30.3 Å². The predicted molar refractivity (Wildman–Crippen MR) is 72.1 cm³/mol. The maximum absolute atomic E-state index is 12.2. The number of hydrogen-bond donors (Lipinski definition) is 2. The maximum Gasteiger partial charge on any atom is 0.254 e. The number of nitrogens with zero attached hydrogens (tertiary/aromatic N) is 1. The molecule has 1 aromatic rings. The molecule has 2 aliphatic rings. The lowest BCUT2D eigenvalue weighted by atomic mass is 9.88. The van der Waals surface area contributed by atoms with Crippen molar-refractivity contribution in [3.05, 3.63) is 28.2 Å². The number of amides is 1. The summed E-state index contributed by atoms with van der Waals surface area (Å²) >= 11 is 3.30. The summed E-state index contributed by atoms with van der Waals surface area (Å²) in [5.74, 6) is 0.344. The Morgan fingerprint density at radius 2 is 2.11 bits per heavy atom. The highest BCUT2D eigenvalue weighted by Gasteiger charge is 2.53. The van der Waals surface area contributed by atoms with Gasteiger partial charge in [-0.05, 0) is 52.9 Å². The molecule has 2 fully saturated rings. The summed E-state index contributed by atoms with van der Waals surface area (Å²) in [5, 5.41) is 10.2. The molecular weight excluding hydrogens is 296 g/mol. The summed E-state index contributed by atoms with van der Waals surface area (Å²) < 4.78 is 0.789. The van der Waals surface area contributed by atoms with Crippen molar-refractivity contribution >= 4 is 27.5 Å². The van der Waals surface area contributed by atoms with Crippen molar-refractivity contribution in [2.75, 3.05) is 18.8 Å². The van der Waals surface area contributed by atoms with Gasteiger partial charge in [-0.15, -0.1) is 0 Å². The molecule has 3 N–H and O–H groups in total. The zero-order chi connectivity index (χ0) is 12.9. The van der Waals surface area contributed by atoms with E-state index < -0.39 is 5.60 Å². The number of likely N-dealkylation sites (tertiary alicyclic amines) is 1. The molecule has 0 spiro atoms. The van der Waals surface area contributed by atoms with E-state index in [1.165, 1.54) is 0 Å². The van der Waals surface area contributed by atoms with Crippen LogP contribution < -0.4 is 5.73 Å². The van der Waals surface area contributed by atoms with Crippen molar-refractivity contribution in [1.82, 2.24) is 4.90 Å². The third-order valence-electron chi connectivity index (χ3n) is 3.80. The number of benzene rings is 1. The highest BCUT2D eigenvalue weighted by Crippen LogP contribution is 2.44. The van der Waals surface area contributed by atoms with Gasteiger partial charge in [0.05, 0.1) is 13.1 Å². The summed E-state index contributed by atoms with van der Waals surface area (Å²) in [7, 11) is 0. The zero-order valence-electron chi connectivity index (χ0n) is 9.90. The quantitative estimate of drug-likeness (QED) is 0.816. The van der Waals surface area contributed by atoms with Crippen LogP contribution in [0.5, 0.6) is 0 Å². The number of aliphatic hydroxyl groups is 1. The zero-order valence-corrected chi connectivity index (χ0v) is 11.5. The third-order valence-corrected chi connectivity index (χ3v) is 4.52. The molecule has 18 heavy (non-hydrogen) atoms. The molecule has 1 saturated heterocycles. The number of nitrogen functional groups attached to an aromatic ring is 1. The summed E-state index contributed by atoms with van der Waals surface area (Å²) in [6, 6.07) is 5.19. The van der Waals surface area contributed by atoms with Gasteiger partial charge >= 0.3 is 0 Å². The first-order valence-electron chi connectivity index (χ1n) is 6.06. The van der Waals surface area contributed by atoms with E-state index >= 15 is 0 Å². The second-order valence-corrected chi connectivity index (χ2v) is 6.13. The van der Waals surface area contributed by atoms with Gasteiger partial charge in [0.25, 0.3) is 5.91 Å². The molecule has 0 aromatic heterocycles. The molecule has 1 heterocycles. The molecule has 96 valence electrons. The molecule has 1 amide bonds. The first-order valence-corrected chi connectivity index (χ1v) is 6.85. The number of nitrogens with two attached hydrogens (primary N) is 1. The number of hydrogen-bond acceptors (Lipinski definition) is 3. The van der Waals surface area contributed by atoms with Crippen LogP contribution in [0.25, 0.3) is 0 Å². The van der Waals surface area contributed by atoms with Gasteiger partial charge in [-0.2, -0.15) is 0 Å². The van der Waals surface area contributed by atoms with Gasteiger partial charge in [0.2, 0.25) is 0 Å². The molecule has 1 aliphatic carbocycles. The van der Waals surface area contributed by atoms with E-state index in [9.17, 15) is 9.90 Å². The van der Waals surface area contributed by atoms with Crippen molar-refractivity contribution in [3.8, 4) is 0 Å². The Labute approximate surface area is 114 Å². The third kappa shape index (κ3) is 1.91.